The minimum Gasteiger partial charge on any atom is -0.368 e. The standard InChI is InChI=1S/C15H15N5/c1-9-8-17-15(16)20-14(9)19-12-5-3-4-11-7-6-10(2)18-13(11)12/h3-8H,1-2H3,(H3,16,17,19,20). The average molecular weight is 265 g/mol. The zero-order valence-electron chi connectivity index (χ0n) is 11.4. The quantitative estimate of drug-likeness (QED) is 0.745. The predicted molar refractivity (Wildman–Crippen MR) is 80.9 cm³/mol. The van der Waals surface area contributed by atoms with Gasteiger partial charge >= 0.3 is 0 Å². The summed E-state index contributed by atoms with van der Waals surface area (Å²) < 4.78 is 0. The molecule has 0 atom stereocenters. The molecule has 2 aromatic heterocycles. The van der Waals surface area contributed by atoms with Gasteiger partial charge in [0.05, 0.1) is 11.2 Å². The van der Waals surface area contributed by atoms with Gasteiger partial charge < -0.3 is 11.1 Å². The van der Waals surface area contributed by atoms with Gasteiger partial charge in [0.25, 0.3) is 0 Å². The summed E-state index contributed by atoms with van der Waals surface area (Å²) in [5.41, 5.74) is 9.38. The van der Waals surface area contributed by atoms with E-state index >= 15 is 0 Å². The summed E-state index contributed by atoms with van der Waals surface area (Å²) in [4.78, 5) is 12.8. The van der Waals surface area contributed by atoms with Gasteiger partial charge in [0.2, 0.25) is 5.95 Å². The lowest BCUT2D eigenvalue weighted by Crippen LogP contribution is -2.02. The highest BCUT2D eigenvalue weighted by Crippen LogP contribution is 2.25. The number of rotatable bonds is 2. The van der Waals surface area contributed by atoms with Crippen LogP contribution in [0.25, 0.3) is 10.9 Å². The highest BCUT2D eigenvalue weighted by molar-refractivity contribution is 5.92. The first-order chi connectivity index (χ1) is 9.63. The van der Waals surface area contributed by atoms with Crippen LogP contribution in [-0.2, 0) is 0 Å². The van der Waals surface area contributed by atoms with E-state index in [1.165, 1.54) is 0 Å². The van der Waals surface area contributed by atoms with Gasteiger partial charge in [-0.15, -0.1) is 0 Å². The van der Waals surface area contributed by atoms with Crippen molar-refractivity contribution in [3.05, 3.63) is 47.8 Å². The first-order valence-corrected chi connectivity index (χ1v) is 6.36. The molecule has 0 fully saturated rings. The van der Waals surface area contributed by atoms with Crippen LogP contribution in [0.4, 0.5) is 17.5 Å². The van der Waals surface area contributed by atoms with Crippen molar-refractivity contribution in [1.82, 2.24) is 15.0 Å². The van der Waals surface area contributed by atoms with Crippen LogP contribution in [0.15, 0.2) is 36.5 Å². The van der Waals surface area contributed by atoms with Crippen LogP contribution in [0.2, 0.25) is 0 Å². The molecule has 0 aliphatic carbocycles. The fourth-order valence-corrected chi connectivity index (χ4v) is 2.06. The van der Waals surface area contributed by atoms with Crippen molar-refractivity contribution in [2.45, 2.75) is 13.8 Å². The van der Waals surface area contributed by atoms with E-state index in [1.54, 1.807) is 6.20 Å². The lowest BCUT2D eigenvalue weighted by atomic mass is 10.1. The van der Waals surface area contributed by atoms with E-state index in [9.17, 15) is 0 Å². The van der Waals surface area contributed by atoms with Crippen LogP contribution in [0.1, 0.15) is 11.3 Å². The molecule has 20 heavy (non-hydrogen) atoms. The molecule has 0 bridgehead atoms. The zero-order chi connectivity index (χ0) is 14.1. The van der Waals surface area contributed by atoms with Crippen LogP contribution in [0.5, 0.6) is 0 Å². The Kier molecular flexibility index (Phi) is 2.95. The highest BCUT2D eigenvalue weighted by Gasteiger charge is 2.06. The molecule has 2 heterocycles. The van der Waals surface area contributed by atoms with Gasteiger partial charge in [-0.25, -0.2) is 4.98 Å². The SMILES string of the molecule is Cc1ccc2cccc(Nc3nc(N)ncc3C)c2n1. The van der Waals surface area contributed by atoms with Crippen LogP contribution >= 0.6 is 0 Å². The van der Waals surface area contributed by atoms with Crippen molar-refractivity contribution in [2.75, 3.05) is 11.1 Å². The Labute approximate surface area is 116 Å². The predicted octanol–water partition coefficient (Wildman–Crippen LogP) is 2.97. The molecule has 0 saturated carbocycles. The van der Waals surface area contributed by atoms with E-state index in [0.29, 0.717) is 5.82 Å². The first kappa shape index (κ1) is 12.3. The highest BCUT2D eigenvalue weighted by atomic mass is 15.1. The van der Waals surface area contributed by atoms with Gasteiger partial charge in [-0.3, -0.25) is 4.98 Å². The number of benzene rings is 1. The van der Waals surface area contributed by atoms with Crippen molar-refractivity contribution in [1.29, 1.82) is 0 Å². The number of para-hydroxylation sites is 1. The Morgan fingerprint density at radius 2 is 1.90 bits per heavy atom. The number of hydrogen-bond acceptors (Lipinski definition) is 5. The summed E-state index contributed by atoms with van der Waals surface area (Å²) >= 11 is 0. The molecular formula is C15H15N5. The Bertz CT molecular complexity index is 782. The zero-order valence-corrected chi connectivity index (χ0v) is 11.4. The van der Waals surface area contributed by atoms with Gasteiger partial charge in [0.15, 0.2) is 0 Å². The first-order valence-electron chi connectivity index (χ1n) is 6.36. The Balaban J connectivity index is 2.10. The molecule has 100 valence electrons. The molecule has 0 aliphatic heterocycles. The third kappa shape index (κ3) is 2.25. The molecular weight excluding hydrogens is 250 g/mol. The van der Waals surface area contributed by atoms with Gasteiger partial charge in [-0.2, -0.15) is 4.98 Å². The van der Waals surface area contributed by atoms with Crippen LogP contribution in [-0.4, -0.2) is 15.0 Å². The maximum atomic E-state index is 5.64. The molecule has 3 N–H and O–H groups in total. The van der Waals surface area contributed by atoms with E-state index < -0.39 is 0 Å². The van der Waals surface area contributed by atoms with Crippen molar-refractivity contribution in [2.24, 2.45) is 0 Å². The number of nitrogen functional groups attached to an aromatic ring is 1. The molecule has 0 spiro atoms. The summed E-state index contributed by atoms with van der Waals surface area (Å²) in [6.07, 6.45) is 1.70. The Morgan fingerprint density at radius 1 is 1.05 bits per heavy atom. The molecule has 0 unspecified atom stereocenters. The number of aryl methyl sites for hydroxylation is 2. The summed E-state index contributed by atoms with van der Waals surface area (Å²) in [6, 6.07) is 10.1. The second-order valence-electron chi connectivity index (χ2n) is 4.71. The molecule has 0 aliphatic rings. The third-order valence-corrected chi connectivity index (χ3v) is 3.10. The summed E-state index contributed by atoms with van der Waals surface area (Å²) in [5.74, 6) is 0.954. The van der Waals surface area contributed by atoms with Crippen LogP contribution in [0.3, 0.4) is 0 Å². The second-order valence-corrected chi connectivity index (χ2v) is 4.71. The maximum absolute atomic E-state index is 5.64. The third-order valence-electron chi connectivity index (χ3n) is 3.10. The van der Waals surface area contributed by atoms with E-state index in [1.807, 2.05) is 38.1 Å². The van der Waals surface area contributed by atoms with E-state index in [2.05, 4.69) is 26.3 Å². The number of fused-ring (bicyclic) bond motifs is 1. The summed E-state index contributed by atoms with van der Waals surface area (Å²) in [5, 5.41) is 4.37. The van der Waals surface area contributed by atoms with Crippen molar-refractivity contribution < 1.29 is 0 Å². The molecule has 3 rings (SSSR count). The van der Waals surface area contributed by atoms with Crippen LogP contribution in [0, 0.1) is 13.8 Å². The van der Waals surface area contributed by atoms with E-state index in [0.717, 1.165) is 27.8 Å². The van der Waals surface area contributed by atoms with E-state index in [-0.39, 0.29) is 5.95 Å². The summed E-state index contributed by atoms with van der Waals surface area (Å²) in [7, 11) is 0. The minimum absolute atomic E-state index is 0.252. The van der Waals surface area contributed by atoms with Gasteiger partial charge in [-0.1, -0.05) is 18.2 Å². The second kappa shape index (κ2) is 4.77. The largest absolute Gasteiger partial charge is 0.368 e. The fourth-order valence-electron chi connectivity index (χ4n) is 2.06. The molecule has 3 aromatic rings. The van der Waals surface area contributed by atoms with Crippen molar-refractivity contribution in [3.63, 3.8) is 0 Å². The smallest absolute Gasteiger partial charge is 0.221 e. The Morgan fingerprint density at radius 3 is 2.75 bits per heavy atom. The molecule has 1 aromatic carbocycles. The lowest BCUT2D eigenvalue weighted by molar-refractivity contribution is 1.15. The average Bonchev–Trinajstić information content (AvgIpc) is 2.43. The number of aromatic nitrogens is 3. The monoisotopic (exact) mass is 265 g/mol. The lowest BCUT2D eigenvalue weighted by Gasteiger charge is -2.11. The number of nitrogens with two attached hydrogens (primary N) is 1. The molecule has 0 amide bonds. The van der Waals surface area contributed by atoms with E-state index in [4.69, 9.17) is 5.73 Å². The van der Waals surface area contributed by atoms with Crippen LogP contribution < -0.4 is 11.1 Å². The molecule has 0 radical (unpaired) electrons. The number of nitrogens with one attached hydrogen (secondary N) is 1. The fraction of sp³-hybridized carbons (Fsp3) is 0.133. The van der Waals surface area contributed by atoms with Crippen molar-refractivity contribution >= 4 is 28.4 Å². The molecule has 0 saturated heterocycles. The number of pyridine rings is 1. The van der Waals surface area contributed by atoms with Gasteiger partial charge in [0.1, 0.15) is 5.82 Å². The minimum atomic E-state index is 0.252. The van der Waals surface area contributed by atoms with Crippen molar-refractivity contribution in [3.8, 4) is 0 Å². The molecule has 5 nitrogen and oxygen atoms in total. The number of anilines is 3. The Hall–Kier alpha value is -2.69. The maximum Gasteiger partial charge on any atom is 0.221 e. The number of hydrogen-bond donors (Lipinski definition) is 2. The molecule has 5 heteroatoms. The normalized spacial score (nSPS) is 10.7. The van der Waals surface area contributed by atoms with Gasteiger partial charge in [-0.05, 0) is 26.0 Å². The topological polar surface area (TPSA) is 76.7 Å². The summed E-state index contributed by atoms with van der Waals surface area (Å²) in [6.45, 7) is 3.91. The van der Waals surface area contributed by atoms with Gasteiger partial charge in [0, 0.05) is 22.8 Å². The number of nitrogens with zero attached hydrogens (tertiary/aromatic N) is 3.